The van der Waals surface area contributed by atoms with Gasteiger partial charge in [0.2, 0.25) is 6.79 Å². The Morgan fingerprint density at radius 2 is 2.11 bits per heavy atom. The molecule has 1 aromatic rings. The fraction of sp³-hybridized carbons (Fsp3) is 0.538. The van der Waals surface area contributed by atoms with Gasteiger partial charge in [-0.3, -0.25) is 0 Å². The van der Waals surface area contributed by atoms with Gasteiger partial charge in [0.1, 0.15) is 5.75 Å². The lowest BCUT2D eigenvalue weighted by atomic mass is 10.0. The molecule has 2 aliphatic heterocycles. The molecule has 1 aromatic carbocycles. The molecule has 1 saturated heterocycles. The van der Waals surface area contributed by atoms with Crippen molar-refractivity contribution in [1.29, 1.82) is 0 Å². The third kappa shape index (κ3) is 2.11. The lowest BCUT2D eigenvalue weighted by molar-refractivity contribution is 0.171. The molecule has 2 aliphatic rings. The predicted molar refractivity (Wildman–Crippen MR) is 64.9 cm³/mol. The zero-order chi connectivity index (χ0) is 12.6. The first-order valence-electron chi connectivity index (χ1n) is 6.11. The second-order valence-corrected chi connectivity index (χ2v) is 5.05. The fourth-order valence-electron chi connectivity index (χ4n) is 2.23. The number of hydrogen-bond acceptors (Lipinski definition) is 5. The van der Waals surface area contributed by atoms with Crippen molar-refractivity contribution in [2.75, 3.05) is 20.0 Å². The SMILES string of the molecule is CC1(NCc2cc3c(cc2O)OCO3)CCOC1. The summed E-state index contributed by atoms with van der Waals surface area (Å²) in [5.74, 6) is 1.53. The van der Waals surface area contributed by atoms with Gasteiger partial charge in [0, 0.05) is 30.3 Å². The van der Waals surface area contributed by atoms with E-state index in [4.69, 9.17) is 14.2 Å². The number of phenolic OH excluding ortho intramolecular Hbond substituents is 1. The van der Waals surface area contributed by atoms with Crippen LogP contribution in [-0.2, 0) is 11.3 Å². The highest BCUT2D eigenvalue weighted by Gasteiger charge is 2.29. The third-order valence-electron chi connectivity index (χ3n) is 3.50. The van der Waals surface area contributed by atoms with Crippen molar-refractivity contribution in [2.24, 2.45) is 0 Å². The van der Waals surface area contributed by atoms with Crippen molar-refractivity contribution in [1.82, 2.24) is 5.32 Å². The molecule has 1 atom stereocenters. The van der Waals surface area contributed by atoms with Crippen molar-refractivity contribution in [3.63, 3.8) is 0 Å². The second kappa shape index (κ2) is 4.33. The molecule has 1 fully saturated rings. The van der Waals surface area contributed by atoms with Gasteiger partial charge >= 0.3 is 0 Å². The van der Waals surface area contributed by atoms with E-state index in [-0.39, 0.29) is 18.1 Å². The standard InChI is InChI=1S/C13H17NO4/c1-13(2-3-16-7-13)14-6-9-4-11-12(5-10(9)15)18-8-17-11/h4-5,14-15H,2-3,6-8H2,1H3. The number of phenols is 1. The molecule has 0 saturated carbocycles. The van der Waals surface area contributed by atoms with Crippen LogP contribution < -0.4 is 14.8 Å². The van der Waals surface area contributed by atoms with Crippen LogP contribution in [0.3, 0.4) is 0 Å². The van der Waals surface area contributed by atoms with E-state index in [1.165, 1.54) is 0 Å². The Bertz CT molecular complexity index is 455. The van der Waals surface area contributed by atoms with E-state index >= 15 is 0 Å². The van der Waals surface area contributed by atoms with Crippen LogP contribution in [0.4, 0.5) is 0 Å². The summed E-state index contributed by atoms with van der Waals surface area (Å²) >= 11 is 0. The highest BCUT2D eigenvalue weighted by Crippen LogP contribution is 2.37. The number of aromatic hydroxyl groups is 1. The molecule has 5 nitrogen and oxygen atoms in total. The first-order chi connectivity index (χ1) is 8.66. The lowest BCUT2D eigenvalue weighted by Gasteiger charge is -2.23. The van der Waals surface area contributed by atoms with Gasteiger partial charge in [-0.25, -0.2) is 0 Å². The fourth-order valence-corrected chi connectivity index (χ4v) is 2.23. The molecule has 0 bridgehead atoms. The number of fused-ring (bicyclic) bond motifs is 1. The molecule has 5 heteroatoms. The largest absolute Gasteiger partial charge is 0.507 e. The summed E-state index contributed by atoms with van der Waals surface area (Å²) < 4.78 is 15.9. The predicted octanol–water partition coefficient (Wildman–Crippen LogP) is 1.39. The van der Waals surface area contributed by atoms with Crippen LogP contribution in [0.15, 0.2) is 12.1 Å². The normalized spacial score (nSPS) is 25.6. The molecule has 0 radical (unpaired) electrons. The van der Waals surface area contributed by atoms with Crippen LogP contribution in [-0.4, -0.2) is 30.7 Å². The van der Waals surface area contributed by atoms with E-state index < -0.39 is 0 Å². The van der Waals surface area contributed by atoms with Crippen LogP contribution in [0.2, 0.25) is 0 Å². The highest BCUT2D eigenvalue weighted by atomic mass is 16.7. The average molecular weight is 251 g/mol. The van der Waals surface area contributed by atoms with E-state index in [1.807, 2.05) is 6.07 Å². The van der Waals surface area contributed by atoms with Crippen LogP contribution in [0.1, 0.15) is 18.9 Å². The molecule has 18 heavy (non-hydrogen) atoms. The number of hydrogen-bond donors (Lipinski definition) is 2. The maximum atomic E-state index is 9.93. The minimum Gasteiger partial charge on any atom is -0.507 e. The summed E-state index contributed by atoms with van der Waals surface area (Å²) in [6, 6.07) is 3.43. The van der Waals surface area contributed by atoms with Gasteiger partial charge in [-0.15, -0.1) is 0 Å². The lowest BCUT2D eigenvalue weighted by Crippen LogP contribution is -2.42. The smallest absolute Gasteiger partial charge is 0.231 e. The Labute approximate surface area is 106 Å². The monoisotopic (exact) mass is 251 g/mol. The van der Waals surface area contributed by atoms with E-state index in [0.717, 1.165) is 18.6 Å². The quantitative estimate of drug-likeness (QED) is 0.850. The van der Waals surface area contributed by atoms with Gasteiger partial charge in [-0.2, -0.15) is 0 Å². The van der Waals surface area contributed by atoms with Crippen molar-refractivity contribution in [3.8, 4) is 17.2 Å². The van der Waals surface area contributed by atoms with Gasteiger partial charge in [0.05, 0.1) is 6.61 Å². The number of rotatable bonds is 3. The molecule has 1 unspecified atom stereocenters. The summed E-state index contributed by atoms with van der Waals surface area (Å²) in [7, 11) is 0. The zero-order valence-electron chi connectivity index (χ0n) is 10.4. The second-order valence-electron chi connectivity index (χ2n) is 5.05. The van der Waals surface area contributed by atoms with Crippen molar-refractivity contribution in [3.05, 3.63) is 17.7 Å². The molecule has 2 heterocycles. The van der Waals surface area contributed by atoms with Gasteiger partial charge in [0.15, 0.2) is 11.5 Å². The Morgan fingerprint density at radius 3 is 2.83 bits per heavy atom. The van der Waals surface area contributed by atoms with Crippen LogP contribution in [0.5, 0.6) is 17.2 Å². The van der Waals surface area contributed by atoms with Gasteiger partial charge in [-0.1, -0.05) is 0 Å². The molecule has 0 amide bonds. The summed E-state index contributed by atoms with van der Waals surface area (Å²) in [4.78, 5) is 0. The number of ether oxygens (including phenoxy) is 3. The molecular formula is C13H17NO4. The van der Waals surface area contributed by atoms with E-state index in [2.05, 4.69) is 12.2 Å². The molecule has 0 aromatic heterocycles. The van der Waals surface area contributed by atoms with Gasteiger partial charge in [-0.05, 0) is 19.4 Å². The van der Waals surface area contributed by atoms with Crippen molar-refractivity contribution in [2.45, 2.75) is 25.4 Å². The maximum absolute atomic E-state index is 9.93. The van der Waals surface area contributed by atoms with E-state index in [9.17, 15) is 5.11 Å². The molecule has 98 valence electrons. The molecule has 2 N–H and O–H groups in total. The van der Waals surface area contributed by atoms with E-state index in [1.54, 1.807) is 6.07 Å². The number of nitrogens with one attached hydrogen (secondary N) is 1. The minimum absolute atomic E-state index is 0.0111. The summed E-state index contributed by atoms with van der Waals surface area (Å²) in [6.45, 7) is 4.43. The van der Waals surface area contributed by atoms with Crippen LogP contribution >= 0.6 is 0 Å². The number of benzene rings is 1. The van der Waals surface area contributed by atoms with Gasteiger partial charge < -0.3 is 24.6 Å². The minimum atomic E-state index is -0.0111. The van der Waals surface area contributed by atoms with Crippen molar-refractivity contribution >= 4 is 0 Å². The average Bonchev–Trinajstić information content (AvgIpc) is 2.95. The maximum Gasteiger partial charge on any atom is 0.231 e. The summed E-state index contributed by atoms with van der Waals surface area (Å²) in [5.41, 5.74) is 0.801. The van der Waals surface area contributed by atoms with Gasteiger partial charge in [0.25, 0.3) is 0 Å². The Balaban J connectivity index is 1.73. The van der Waals surface area contributed by atoms with Crippen LogP contribution in [0, 0.1) is 0 Å². The van der Waals surface area contributed by atoms with Crippen LogP contribution in [0.25, 0.3) is 0 Å². The third-order valence-corrected chi connectivity index (χ3v) is 3.50. The topological polar surface area (TPSA) is 60.0 Å². The zero-order valence-corrected chi connectivity index (χ0v) is 10.4. The van der Waals surface area contributed by atoms with Crippen molar-refractivity contribution < 1.29 is 19.3 Å². The molecule has 3 rings (SSSR count). The highest BCUT2D eigenvalue weighted by molar-refractivity contribution is 5.51. The molecule has 0 spiro atoms. The molecular weight excluding hydrogens is 234 g/mol. The molecule has 0 aliphatic carbocycles. The summed E-state index contributed by atoms with van der Waals surface area (Å²) in [5, 5.41) is 13.4. The summed E-state index contributed by atoms with van der Waals surface area (Å²) in [6.07, 6.45) is 0.984. The Morgan fingerprint density at radius 1 is 1.33 bits per heavy atom. The van der Waals surface area contributed by atoms with E-state index in [0.29, 0.717) is 24.7 Å². The Kier molecular flexibility index (Phi) is 2.80. The first kappa shape index (κ1) is 11.6. The first-order valence-corrected chi connectivity index (χ1v) is 6.11. The Hall–Kier alpha value is -1.46.